The zero-order chi connectivity index (χ0) is 23.4. The van der Waals surface area contributed by atoms with Crippen molar-refractivity contribution in [3.63, 3.8) is 0 Å². The van der Waals surface area contributed by atoms with Crippen molar-refractivity contribution in [2.75, 3.05) is 32.1 Å². The Kier molecular flexibility index (Phi) is 7.49. The second-order valence-electron chi connectivity index (χ2n) is 9.03. The van der Waals surface area contributed by atoms with Crippen LogP contribution in [0, 0.1) is 17.8 Å². The third-order valence-electron chi connectivity index (χ3n) is 5.03. The number of carbonyl (C=O) groups is 2. The molecule has 2 rings (SSSR count). The Labute approximate surface area is 183 Å². The van der Waals surface area contributed by atoms with Gasteiger partial charge in [0.05, 0.1) is 34.3 Å². The maximum atomic E-state index is 12.7. The number of hydrogen-bond donors (Lipinski definition) is 3. The highest BCUT2D eigenvalue weighted by atomic mass is 16.5. The van der Waals surface area contributed by atoms with Crippen LogP contribution in [0.25, 0.3) is 10.9 Å². The molecule has 170 valence electrons. The molecule has 0 aliphatic carbocycles. The second-order valence-corrected chi connectivity index (χ2v) is 9.03. The Morgan fingerprint density at radius 3 is 2.52 bits per heavy atom. The Hall–Kier alpha value is -2.87. The molecule has 1 aromatic heterocycles. The number of nitrogen functional groups attached to an aromatic ring is 1. The molecule has 0 radical (unpaired) electrons. The van der Waals surface area contributed by atoms with E-state index >= 15 is 0 Å². The van der Waals surface area contributed by atoms with Crippen LogP contribution in [0.15, 0.2) is 18.2 Å². The molecule has 2 aromatic rings. The standard InChI is InChI=1S/C23H33N3O5/c1-7-30-20(28)17-14(2)26-15-9-8-10-16(18(15)19(17)24)31-13-23(5,6)21(29)25-11-22(3,4)12-27/h8-10,27H,7,11-13H2,1-6H3,(H2,24,26)(H,25,29). The van der Waals surface area contributed by atoms with Gasteiger partial charge in [-0.2, -0.15) is 0 Å². The van der Waals surface area contributed by atoms with Gasteiger partial charge in [-0.15, -0.1) is 0 Å². The number of nitrogens with two attached hydrogens (primary N) is 1. The van der Waals surface area contributed by atoms with Crippen LogP contribution in [0.2, 0.25) is 0 Å². The van der Waals surface area contributed by atoms with E-state index in [1.165, 1.54) is 0 Å². The van der Waals surface area contributed by atoms with Crippen molar-refractivity contribution in [1.29, 1.82) is 0 Å². The Morgan fingerprint density at radius 1 is 1.23 bits per heavy atom. The minimum Gasteiger partial charge on any atom is -0.492 e. The van der Waals surface area contributed by atoms with Crippen LogP contribution < -0.4 is 15.8 Å². The van der Waals surface area contributed by atoms with Crippen molar-refractivity contribution < 1.29 is 24.2 Å². The number of aryl methyl sites for hydroxylation is 1. The zero-order valence-corrected chi connectivity index (χ0v) is 19.2. The van der Waals surface area contributed by atoms with Gasteiger partial charge in [-0.1, -0.05) is 19.9 Å². The third-order valence-corrected chi connectivity index (χ3v) is 5.03. The highest BCUT2D eigenvalue weighted by Gasteiger charge is 2.31. The van der Waals surface area contributed by atoms with Crippen molar-refractivity contribution in [1.82, 2.24) is 10.3 Å². The van der Waals surface area contributed by atoms with Gasteiger partial charge in [0.1, 0.15) is 17.9 Å². The number of pyridine rings is 1. The number of benzene rings is 1. The van der Waals surface area contributed by atoms with E-state index in [4.69, 9.17) is 15.2 Å². The monoisotopic (exact) mass is 431 g/mol. The number of rotatable bonds is 9. The number of fused-ring (bicyclic) bond motifs is 1. The van der Waals surface area contributed by atoms with Gasteiger partial charge in [-0.3, -0.25) is 9.78 Å². The number of hydrogen-bond acceptors (Lipinski definition) is 7. The lowest BCUT2D eigenvalue weighted by Gasteiger charge is -2.28. The summed E-state index contributed by atoms with van der Waals surface area (Å²) < 4.78 is 11.1. The fourth-order valence-electron chi connectivity index (χ4n) is 2.96. The van der Waals surface area contributed by atoms with Crippen molar-refractivity contribution >= 4 is 28.5 Å². The summed E-state index contributed by atoms with van der Waals surface area (Å²) in [6, 6.07) is 5.30. The fraction of sp³-hybridized carbons (Fsp3) is 0.522. The summed E-state index contributed by atoms with van der Waals surface area (Å²) in [4.78, 5) is 29.5. The molecule has 0 saturated carbocycles. The summed E-state index contributed by atoms with van der Waals surface area (Å²) in [7, 11) is 0. The second kappa shape index (κ2) is 9.51. The van der Waals surface area contributed by atoms with Crippen LogP contribution in [0.3, 0.4) is 0 Å². The normalized spacial score (nSPS) is 12.0. The van der Waals surface area contributed by atoms with Crippen molar-refractivity contribution in [2.24, 2.45) is 10.8 Å². The number of ether oxygens (including phenoxy) is 2. The van der Waals surface area contributed by atoms with Gasteiger partial charge in [0, 0.05) is 18.6 Å². The highest BCUT2D eigenvalue weighted by molar-refractivity contribution is 6.07. The van der Waals surface area contributed by atoms with E-state index in [1.807, 2.05) is 13.8 Å². The molecule has 1 aromatic carbocycles. The van der Waals surface area contributed by atoms with E-state index in [-0.39, 0.29) is 37.0 Å². The number of aromatic nitrogens is 1. The number of esters is 1. The summed E-state index contributed by atoms with van der Waals surface area (Å²) in [6.45, 7) is 11.3. The molecule has 0 aliphatic heterocycles. The summed E-state index contributed by atoms with van der Waals surface area (Å²) >= 11 is 0. The maximum absolute atomic E-state index is 12.7. The van der Waals surface area contributed by atoms with Crippen molar-refractivity contribution in [3.8, 4) is 5.75 Å². The number of nitrogens with zero attached hydrogens (tertiary/aromatic N) is 1. The zero-order valence-electron chi connectivity index (χ0n) is 19.2. The molecule has 1 amide bonds. The molecule has 0 saturated heterocycles. The average molecular weight is 432 g/mol. The predicted molar refractivity (Wildman–Crippen MR) is 120 cm³/mol. The average Bonchev–Trinajstić information content (AvgIpc) is 2.70. The molecular weight excluding hydrogens is 398 g/mol. The van der Waals surface area contributed by atoms with E-state index < -0.39 is 16.8 Å². The van der Waals surface area contributed by atoms with Gasteiger partial charge >= 0.3 is 5.97 Å². The van der Waals surface area contributed by atoms with Crippen LogP contribution in [-0.4, -0.2) is 48.3 Å². The lowest BCUT2D eigenvalue weighted by Crippen LogP contribution is -2.45. The van der Waals surface area contributed by atoms with Crippen molar-refractivity contribution in [2.45, 2.75) is 41.5 Å². The van der Waals surface area contributed by atoms with Crippen molar-refractivity contribution in [3.05, 3.63) is 29.5 Å². The number of aliphatic hydroxyl groups is 1. The maximum Gasteiger partial charge on any atom is 0.342 e. The highest BCUT2D eigenvalue weighted by Crippen LogP contribution is 2.34. The first-order valence-electron chi connectivity index (χ1n) is 10.3. The minimum atomic E-state index is -0.843. The van der Waals surface area contributed by atoms with E-state index in [1.54, 1.807) is 45.9 Å². The molecule has 0 atom stereocenters. The molecule has 0 fully saturated rings. The van der Waals surface area contributed by atoms with Crippen LogP contribution in [0.5, 0.6) is 5.75 Å². The van der Waals surface area contributed by atoms with Crippen LogP contribution in [0.4, 0.5) is 5.69 Å². The summed E-state index contributed by atoms with van der Waals surface area (Å²) in [5, 5.41) is 12.8. The quantitative estimate of drug-likeness (QED) is 0.522. The predicted octanol–water partition coefficient (Wildman–Crippen LogP) is 2.84. The SMILES string of the molecule is CCOC(=O)c1c(C)nc2cccc(OCC(C)(C)C(=O)NCC(C)(C)CO)c2c1N. The molecule has 0 bridgehead atoms. The molecule has 8 heteroatoms. The van der Waals surface area contributed by atoms with Gasteiger partial charge < -0.3 is 25.6 Å². The first-order chi connectivity index (χ1) is 14.4. The first kappa shape index (κ1) is 24.4. The Balaban J connectivity index is 2.30. The number of amides is 1. The third kappa shape index (κ3) is 5.64. The van der Waals surface area contributed by atoms with E-state index in [0.29, 0.717) is 28.9 Å². The van der Waals surface area contributed by atoms with E-state index in [0.717, 1.165) is 0 Å². The largest absolute Gasteiger partial charge is 0.492 e. The van der Waals surface area contributed by atoms with Gasteiger partial charge in [0.15, 0.2) is 0 Å². The fourth-order valence-corrected chi connectivity index (χ4v) is 2.96. The van der Waals surface area contributed by atoms with Crippen LogP contribution >= 0.6 is 0 Å². The van der Waals surface area contributed by atoms with E-state index in [9.17, 15) is 14.7 Å². The smallest absolute Gasteiger partial charge is 0.342 e. The lowest BCUT2D eigenvalue weighted by atomic mass is 9.91. The number of anilines is 1. The van der Waals surface area contributed by atoms with Gasteiger partial charge in [0.25, 0.3) is 0 Å². The first-order valence-corrected chi connectivity index (χ1v) is 10.3. The molecule has 0 aliphatic rings. The molecule has 8 nitrogen and oxygen atoms in total. The Morgan fingerprint density at radius 2 is 1.90 bits per heavy atom. The summed E-state index contributed by atoms with van der Waals surface area (Å²) in [5.74, 6) is -0.291. The molecule has 0 spiro atoms. The van der Waals surface area contributed by atoms with Crippen LogP contribution in [0.1, 0.15) is 50.7 Å². The molecule has 1 heterocycles. The minimum absolute atomic E-state index is 0.0330. The van der Waals surface area contributed by atoms with Gasteiger partial charge in [-0.05, 0) is 39.8 Å². The van der Waals surface area contributed by atoms with Gasteiger partial charge in [-0.25, -0.2) is 4.79 Å². The van der Waals surface area contributed by atoms with Crippen LogP contribution in [-0.2, 0) is 9.53 Å². The molecule has 4 N–H and O–H groups in total. The molecule has 31 heavy (non-hydrogen) atoms. The van der Waals surface area contributed by atoms with E-state index in [2.05, 4.69) is 10.3 Å². The van der Waals surface area contributed by atoms with Gasteiger partial charge in [0.2, 0.25) is 5.91 Å². The number of nitrogens with one attached hydrogen (secondary N) is 1. The summed E-state index contributed by atoms with van der Waals surface area (Å²) in [5.41, 5.74) is 6.61. The number of aliphatic hydroxyl groups excluding tert-OH is 1. The topological polar surface area (TPSA) is 124 Å². The lowest BCUT2D eigenvalue weighted by molar-refractivity contribution is -0.131. The molecule has 0 unspecified atom stereocenters. The molecular formula is C23H33N3O5. The number of carbonyl (C=O) groups excluding carboxylic acids is 2. The Bertz CT molecular complexity index is 969. The summed E-state index contributed by atoms with van der Waals surface area (Å²) in [6.07, 6.45) is 0.